The SMILES string of the molecule is CN(C)c1ccnc([C@@H](OCc2ccccc2)C(C)(C)C)c1. The van der Waals surface area contributed by atoms with Gasteiger partial charge in [-0.1, -0.05) is 51.1 Å². The molecule has 0 spiro atoms. The van der Waals surface area contributed by atoms with Crippen molar-refractivity contribution in [1.29, 1.82) is 0 Å². The van der Waals surface area contributed by atoms with Crippen molar-refractivity contribution in [3.8, 4) is 0 Å². The maximum Gasteiger partial charge on any atom is 0.105 e. The molecular formula is C19H26N2O. The van der Waals surface area contributed by atoms with E-state index in [1.165, 1.54) is 5.56 Å². The summed E-state index contributed by atoms with van der Waals surface area (Å²) >= 11 is 0. The average Bonchev–Trinajstić information content (AvgIpc) is 2.47. The van der Waals surface area contributed by atoms with E-state index in [1.807, 2.05) is 44.6 Å². The molecule has 0 saturated heterocycles. The summed E-state index contributed by atoms with van der Waals surface area (Å²) in [6, 6.07) is 14.4. The summed E-state index contributed by atoms with van der Waals surface area (Å²) in [7, 11) is 4.08. The number of hydrogen-bond acceptors (Lipinski definition) is 3. The van der Waals surface area contributed by atoms with Crippen LogP contribution in [0, 0.1) is 5.41 Å². The van der Waals surface area contributed by atoms with Crippen molar-refractivity contribution in [2.24, 2.45) is 5.41 Å². The van der Waals surface area contributed by atoms with Crippen molar-refractivity contribution in [1.82, 2.24) is 4.98 Å². The molecule has 0 unspecified atom stereocenters. The number of anilines is 1. The van der Waals surface area contributed by atoms with Crippen LogP contribution in [0.1, 0.15) is 38.1 Å². The number of rotatable bonds is 5. The molecule has 22 heavy (non-hydrogen) atoms. The second kappa shape index (κ2) is 6.93. The molecule has 1 aromatic heterocycles. The molecule has 0 aliphatic carbocycles. The van der Waals surface area contributed by atoms with Gasteiger partial charge in [0.05, 0.1) is 12.3 Å². The number of pyridine rings is 1. The van der Waals surface area contributed by atoms with Gasteiger partial charge in [0.25, 0.3) is 0 Å². The van der Waals surface area contributed by atoms with Crippen LogP contribution >= 0.6 is 0 Å². The Morgan fingerprint density at radius 1 is 1.09 bits per heavy atom. The topological polar surface area (TPSA) is 25.4 Å². The minimum Gasteiger partial charge on any atom is -0.378 e. The third-order valence-corrected chi connectivity index (χ3v) is 3.60. The molecule has 3 heteroatoms. The number of aromatic nitrogens is 1. The van der Waals surface area contributed by atoms with Crippen LogP contribution in [-0.2, 0) is 11.3 Å². The molecule has 2 rings (SSSR count). The molecule has 118 valence electrons. The molecule has 1 atom stereocenters. The molecule has 0 N–H and O–H groups in total. The predicted molar refractivity (Wildman–Crippen MR) is 92.0 cm³/mol. The van der Waals surface area contributed by atoms with E-state index in [4.69, 9.17) is 4.74 Å². The van der Waals surface area contributed by atoms with E-state index < -0.39 is 0 Å². The molecular weight excluding hydrogens is 272 g/mol. The molecule has 1 heterocycles. The van der Waals surface area contributed by atoms with Gasteiger partial charge in [0, 0.05) is 26.0 Å². The fraction of sp³-hybridized carbons (Fsp3) is 0.421. The van der Waals surface area contributed by atoms with Gasteiger partial charge in [0.15, 0.2) is 0 Å². The molecule has 0 aliphatic heterocycles. The Morgan fingerprint density at radius 2 is 1.77 bits per heavy atom. The minimum atomic E-state index is -0.0485. The maximum atomic E-state index is 6.23. The predicted octanol–water partition coefficient (Wildman–Crippen LogP) is 4.45. The first-order valence-electron chi connectivity index (χ1n) is 7.67. The van der Waals surface area contributed by atoms with Gasteiger partial charge in [0.1, 0.15) is 6.10 Å². The van der Waals surface area contributed by atoms with Crippen LogP contribution in [0.4, 0.5) is 5.69 Å². The van der Waals surface area contributed by atoms with Crippen molar-refractivity contribution >= 4 is 5.69 Å². The summed E-state index contributed by atoms with van der Waals surface area (Å²) in [5, 5.41) is 0. The van der Waals surface area contributed by atoms with Crippen molar-refractivity contribution in [2.75, 3.05) is 19.0 Å². The molecule has 0 radical (unpaired) electrons. The van der Waals surface area contributed by atoms with Crippen LogP contribution in [0.15, 0.2) is 48.7 Å². The minimum absolute atomic E-state index is 0.0211. The van der Waals surface area contributed by atoms with E-state index in [9.17, 15) is 0 Å². The Hall–Kier alpha value is -1.87. The van der Waals surface area contributed by atoms with Gasteiger partial charge in [-0.05, 0) is 23.1 Å². The third-order valence-electron chi connectivity index (χ3n) is 3.60. The lowest BCUT2D eigenvalue weighted by molar-refractivity contribution is -0.0330. The smallest absolute Gasteiger partial charge is 0.105 e. The number of benzene rings is 1. The van der Waals surface area contributed by atoms with Crippen LogP contribution < -0.4 is 4.90 Å². The second-order valence-electron chi connectivity index (χ2n) is 6.88. The van der Waals surface area contributed by atoms with Crippen molar-refractivity contribution in [3.63, 3.8) is 0 Å². The van der Waals surface area contributed by atoms with E-state index >= 15 is 0 Å². The third kappa shape index (κ3) is 4.31. The lowest BCUT2D eigenvalue weighted by Crippen LogP contribution is -2.23. The van der Waals surface area contributed by atoms with E-state index in [0.717, 1.165) is 11.4 Å². The van der Waals surface area contributed by atoms with Crippen LogP contribution in [0.2, 0.25) is 0 Å². The van der Waals surface area contributed by atoms with Gasteiger partial charge in [-0.2, -0.15) is 0 Å². The second-order valence-corrected chi connectivity index (χ2v) is 6.88. The molecule has 3 nitrogen and oxygen atoms in total. The van der Waals surface area contributed by atoms with E-state index in [0.29, 0.717) is 6.61 Å². The molecule has 0 bridgehead atoms. The number of hydrogen-bond donors (Lipinski definition) is 0. The van der Waals surface area contributed by atoms with E-state index in [1.54, 1.807) is 0 Å². The van der Waals surface area contributed by atoms with Crippen LogP contribution in [0.25, 0.3) is 0 Å². The van der Waals surface area contributed by atoms with Gasteiger partial charge in [0.2, 0.25) is 0 Å². The normalized spacial score (nSPS) is 13.0. The molecule has 0 saturated carbocycles. The van der Waals surface area contributed by atoms with Gasteiger partial charge in [-0.3, -0.25) is 4.98 Å². The standard InChI is InChI=1S/C19H26N2O/c1-19(2,3)18(22-14-15-9-7-6-8-10-15)17-13-16(21(4)5)11-12-20-17/h6-13,18H,14H2,1-5H3/t18-/m1/s1. The number of nitrogens with zero attached hydrogens (tertiary/aromatic N) is 2. The Bertz CT molecular complexity index is 588. The molecule has 0 amide bonds. The molecule has 2 aromatic rings. The zero-order valence-electron chi connectivity index (χ0n) is 14.2. The highest BCUT2D eigenvalue weighted by atomic mass is 16.5. The van der Waals surface area contributed by atoms with Gasteiger partial charge in [-0.15, -0.1) is 0 Å². The average molecular weight is 298 g/mol. The highest BCUT2D eigenvalue weighted by Gasteiger charge is 2.28. The van der Waals surface area contributed by atoms with Gasteiger partial charge < -0.3 is 9.64 Å². The van der Waals surface area contributed by atoms with Crippen molar-refractivity contribution in [2.45, 2.75) is 33.5 Å². The van der Waals surface area contributed by atoms with Crippen LogP contribution in [0.5, 0.6) is 0 Å². The maximum absolute atomic E-state index is 6.23. The first kappa shape index (κ1) is 16.5. The fourth-order valence-corrected chi connectivity index (χ4v) is 2.39. The van der Waals surface area contributed by atoms with E-state index in [2.05, 4.69) is 48.9 Å². The Balaban J connectivity index is 2.21. The highest BCUT2D eigenvalue weighted by molar-refractivity contribution is 5.45. The zero-order chi connectivity index (χ0) is 16.2. The quantitative estimate of drug-likeness (QED) is 0.815. The lowest BCUT2D eigenvalue weighted by atomic mass is 9.86. The van der Waals surface area contributed by atoms with Crippen LogP contribution in [0.3, 0.4) is 0 Å². The summed E-state index contributed by atoms with van der Waals surface area (Å²) in [5.41, 5.74) is 3.28. The summed E-state index contributed by atoms with van der Waals surface area (Å²) in [5.74, 6) is 0. The summed E-state index contributed by atoms with van der Waals surface area (Å²) in [6.45, 7) is 7.16. The van der Waals surface area contributed by atoms with Crippen molar-refractivity contribution in [3.05, 3.63) is 59.9 Å². The lowest BCUT2D eigenvalue weighted by Gasteiger charge is -2.31. The summed E-state index contributed by atoms with van der Waals surface area (Å²) in [4.78, 5) is 6.63. The largest absolute Gasteiger partial charge is 0.378 e. The van der Waals surface area contributed by atoms with Gasteiger partial charge >= 0.3 is 0 Å². The summed E-state index contributed by atoms with van der Waals surface area (Å²) in [6.07, 6.45) is 1.81. The molecule has 1 aromatic carbocycles. The van der Waals surface area contributed by atoms with Crippen LogP contribution in [-0.4, -0.2) is 19.1 Å². The van der Waals surface area contributed by atoms with Gasteiger partial charge in [-0.25, -0.2) is 0 Å². The monoisotopic (exact) mass is 298 g/mol. The zero-order valence-corrected chi connectivity index (χ0v) is 14.2. The summed E-state index contributed by atoms with van der Waals surface area (Å²) < 4.78 is 6.23. The first-order valence-corrected chi connectivity index (χ1v) is 7.67. The molecule has 0 fully saturated rings. The Labute approximate surface area is 134 Å². The fourth-order valence-electron chi connectivity index (χ4n) is 2.39. The van der Waals surface area contributed by atoms with Crippen molar-refractivity contribution < 1.29 is 4.74 Å². The van der Waals surface area contributed by atoms with E-state index in [-0.39, 0.29) is 11.5 Å². The number of ether oxygens (including phenoxy) is 1. The molecule has 0 aliphatic rings. The first-order chi connectivity index (χ1) is 10.4. The Morgan fingerprint density at radius 3 is 2.36 bits per heavy atom. The Kier molecular flexibility index (Phi) is 5.19. The highest BCUT2D eigenvalue weighted by Crippen LogP contribution is 2.36.